The Morgan fingerprint density at radius 3 is 2.55 bits per heavy atom. The molecule has 1 saturated heterocycles. The van der Waals surface area contributed by atoms with Gasteiger partial charge in [-0.1, -0.05) is 36.4 Å². The predicted molar refractivity (Wildman–Crippen MR) is 122 cm³/mol. The number of esters is 1. The molecule has 0 aliphatic carbocycles. The Kier molecular flexibility index (Phi) is 7.98. The number of hydrogen-bond acceptors (Lipinski definition) is 5. The van der Waals surface area contributed by atoms with Crippen molar-refractivity contribution in [1.82, 2.24) is 4.90 Å². The molecule has 0 unspecified atom stereocenters. The summed E-state index contributed by atoms with van der Waals surface area (Å²) in [5, 5.41) is 0. The number of methoxy groups -OCH3 is 1. The van der Waals surface area contributed by atoms with E-state index in [0.29, 0.717) is 44.1 Å². The minimum Gasteiger partial charge on any atom is -0.491 e. The number of hydrogen-bond donors (Lipinski definition) is 0. The molecule has 1 fully saturated rings. The molecule has 4 rings (SSSR count). The standard InChI is InChI=1S/C24H27NO5.H2S/c1-28-24(27)19-7-8-20-15-25(23(26)18-9-11-29-12-10-18)21(16-30-22(20)14-19)13-17-5-3-2-4-6-17;/h2-8,14,18,21H,9-13,15-16H2,1H3;1H2/t21-;/m0./s1. The fourth-order valence-electron chi connectivity index (χ4n) is 4.15. The summed E-state index contributed by atoms with van der Waals surface area (Å²) in [6.07, 6.45) is 2.22. The highest BCUT2D eigenvalue weighted by molar-refractivity contribution is 7.59. The zero-order valence-electron chi connectivity index (χ0n) is 17.7. The summed E-state index contributed by atoms with van der Waals surface area (Å²) in [6.45, 7) is 2.10. The molecule has 7 heteroatoms. The molecule has 2 aliphatic rings. The van der Waals surface area contributed by atoms with Gasteiger partial charge in [-0.15, -0.1) is 0 Å². The van der Waals surface area contributed by atoms with Crippen LogP contribution in [0.25, 0.3) is 0 Å². The third kappa shape index (κ3) is 5.40. The maximum atomic E-state index is 13.5. The van der Waals surface area contributed by atoms with E-state index in [4.69, 9.17) is 14.2 Å². The molecule has 1 amide bonds. The van der Waals surface area contributed by atoms with Gasteiger partial charge in [-0.05, 0) is 37.0 Å². The van der Waals surface area contributed by atoms with Crippen molar-refractivity contribution in [2.45, 2.75) is 31.8 Å². The lowest BCUT2D eigenvalue weighted by Gasteiger charge is -2.34. The lowest BCUT2D eigenvalue weighted by molar-refractivity contribution is -0.142. The molecule has 6 nitrogen and oxygen atoms in total. The van der Waals surface area contributed by atoms with Crippen molar-refractivity contribution in [3.05, 3.63) is 65.2 Å². The van der Waals surface area contributed by atoms with E-state index in [2.05, 4.69) is 12.1 Å². The molecule has 31 heavy (non-hydrogen) atoms. The van der Waals surface area contributed by atoms with Gasteiger partial charge in [0.05, 0.1) is 18.7 Å². The summed E-state index contributed by atoms with van der Waals surface area (Å²) in [5.41, 5.74) is 2.51. The summed E-state index contributed by atoms with van der Waals surface area (Å²) >= 11 is 0. The van der Waals surface area contributed by atoms with Crippen molar-refractivity contribution in [2.24, 2.45) is 5.92 Å². The maximum Gasteiger partial charge on any atom is 0.337 e. The highest BCUT2D eigenvalue weighted by Gasteiger charge is 2.34. The molecule has 2 aliphatic heterocycles. The van der Waals surface area contributed by atoms with E-state index in [1.165, 1.54) is 7.11 Å². The Morgan fingerprint density at radius 2 is 1.84 bits per heavy atom. The molecule has 0 bridgehead atoms. The summed E-state index contributed by atoms with van der Waals surface area (Å²) in [4.78, 5) is 27.4. The van der Waals surface area contributed by atoms with Crippen molar-refractivity contribution in [1.29, 1.82) is 0 Å². The van der Waals surface area contributed by atoms with E-state index < -0.39 is 5.97 Å². The Labute approximate surface area is 189 Å². The number of carbonyl (C=O) groups excluding carboxylic acids is 2. The molecule has 1 atom stereocenters. The van der Waals surface area contributed by atoms with Crippen LogP contribution in [0.5, 0.6) is 5.75 Å². The van der Waals surface area contributed by atoms with Gasteiger partial charge in [0.15, 0.2) is 0 Å². The first-order valence-corrected chi connectivity index (χ1v) is 10.4. The van der Waals surface area contributed by atoms with Gasteiger partial charge in [-0.3, -0.25) is 4.79 Å². The minimum atomic E-state index is -0.401. The zero-order chi connectivity index (χ0) is 20.9. The number of amides is 1. The van der Waals surface area contributed by atoms with Gasteiger partial charge in [0.1, 0.15) is 12.4 Å². The number of carbonyl (C=O) groups is 2. The molecule has 0 radical (unpaired) electrons. The van der Waals surface area contributed by atoms with Crippen LogP contribution in [0.15, 0.2) is 48.5 Å². The van der Waals surface area contributed by atoms with Gasteiger partial charge >= 0.3 is 5.97 Å². The molecule has 0 saturated carbocycles. The van der Waals surface area contributed by atoms with Gasteiger partial charge in [0.25, 0.3) is 0 Å². The number of ether oxygens (including phenoxy) is 3. The third-order valence-electron chi connectivity index (χ3n) is 5.87. The first-order chi connectivity index (χ1) is 14.7. The average molecular weight is 444 g/mol. The van der Waals surface area contributed by atoms with Crippen molar-refractivity contribution in [3.63, 3.8) is 0 Å². The average Bonchev–Trinajstić information content (AvgIpc) is 2.98. The van der Waals surface area contributed by atoms with Crippen molar-refractivity contribution < 1.29 is 23.8 Å². The summed E-state index contributed by atoms with van der Waals surface area (Å²) < 4.78 is 16.4. The lowest BCUT2D eigenvalue weighted by Crippen LogP contribution is -2.46. The van der Waals surface area contributed by atoms with Crippen molar-refractivity contribution >= 4 is 25.4 Å². The van der Waals surface area contributed by atoms with Crippen LogP contribution in [0.3, 0.4) is 0 Å². The Bertz CT molecular complexity index is 898. The smallest absolute Gasteiger partial charge is 0.337 e. The first kappa shape index (κ1) is 23.2. The second-order valence-corrected chi connectivity index (χ2v) is 7.82. The lowest BCUT2D eigenvalue weighted by atomic mass is 9.96. The summed E-state index contributed by atoms with van der Waals surface area (Å²) in [6, 6.07) is 15.4. The third-order valence-corrected chi connectivity index (χ3v) is 5.87. The number of rotatable bonds is 4. The summed E-state index contributed by atoms with van der Waals surface area (Å²) in [7, 11) is 1.36. The van der Waals surface area contributed by atoms with E-state index in [0.717, 1.165) is 24.0 Å². The van der Waals surface area contributed by atoms with Crippen LogP contribution in [-0.4, -0.2) is 49.7 Å². The van der Waals surface area contributed by atoms with Crippen LogP contribution in [-0.2, 0) is 27.2 Å². The SMILES string of the molecule is COC(=O)c1ccc2c(c1)OC[C@H](Cc1ccccc1)N(C(=O)C1CCOCC1)C2.S. The van der Waals surface area contributed by atoms with E-state index in [1.54, 1.807) is 12.1 Å². The largest absolute Gasteiger partial charge is 0.491 e. The van der Waals surface area contributed by atoms with Crippen LogP contribution in [0.2, 0.25) is 0 Å². The molecule has 0 spiro atoms. The molecule has 2 aromatic carbocycles. The summed E-state index contributed by atoms with van der Waals surface area (Å²) in [5.74, 6) is 0.375. The van der Waals surface area contributed by atoms with Crippen LogP contribution < -0.4 is 4.74 Å². The molecular weight excluding hydrogens is 414 g/mol. The van der Waals surface area contributed by atoms with Crippen LogP contribution in [0, 0.1) is 5.92 Å². The maximum absolute atomic E-state index is 13.5. The first-order valence-electron chi connectivity index (χ1n) is 10.4. The molecule has 166 valence electrons. The number of fused-ring (bicyclic) bond motifs is 1. The fraction of sp³-hybridized carbons (Fsp3) is 0.417. The van der Waals surface area contributed by atoms with Crippen LogP contribution in [0.4, 0.5) is 0 Å². The minimum absolute atomic E-state index is 0. The number of benzene rings is 2. The molecule has 2 heterocycles. The van der Waals surface area contributed by atoms with Crippen molar-refractivity contribution in [3.8, 4) is 5.75 Å². The Hall–Kier alpha value is -2.51. The van der Waals surface area contributed by atoms with Gasteiger partial charge in [-0.2, -0.15) is 13.5 Å². The highest BCUT2D eigenvalue weighted by Crippen LogP contribution is 2.30. The van der Waals surface area contributed by atoms with Gasteiger partial charge in [-0.25, -0.2) is 4.79 Å². The molecular formula is C24H29NO5S. The molecule has 0 aromatic heterocycles. The monoisotopic (exact) mass is 443 g/mol. The highest BCUT2D eigenvalue weighted by atomic mass is 32.1. The Balaban J connectivity index is 0.00000272. The topological polar surface area (TPSA) is 65.1 Å². The van der Waals surface area contributed by atoms with E-state index in [-0.39, 0.29) is 31.4 Å². The Morgan fingerprint density at radius 1 is 1.10 bits per heavy atom. The van der Waals surface area contributed by atoms with E-state index >= 15 is 0 Å². The van der Waals surface area contributed by atoms with E-state index in [9.17, 15) is 9.59 Å². The fourth-order valence-corrected chi connectivity index (χ4v) is 4.15. The molecule has 0 N–H and O–H groups in total. The van der Waals surface area contributed by atoms with Crippen LogP contribution >= 0.6 is 13.5 Å². The van der Waals surface area contributed by atoms with Crippen molar-refractivity contribution in [2.75, 3.05) is 26.9 Å². The van der Waals surface area contributed by atoms with Gasteiger partial charge in [0.2, 0.25) is 5.91 Å². The van der Waals surface area contributed by atoms with Gasteiger partial charge in [0, 0.05) is 31.2 Å². The quantitative estimate of drug-likeness (QED) is 0.678. The normalized spacial score (nSPS) is 18.7. The van der Waals surface area contributed by atoms with E-state index in [1.807, 2.05) is 29.2 Å². The second-order valence-electron chi connectivity index (χ2n) is 7.82. The predicted octanol–water partition coefficient (Wildman–Crippen LogP) is 3.34. The zero-order valence-corrected chi connectivity index (χ0v) is 18.7. The molecule has 2 aromatic rings. The van der Waals surface area contributed by atoms with Gasteiger partial charge < -0.3 is 19.1 Å². The second kappa shape index (κ2) is 10.7. The van der Waals surface area contributed by atoms with Crippen LogP contribution in [0.1, 0.15) is 34.3 Å². The number of nitrogens with zero attached hydrogens (tertiary/aromatic N) is 1.